The summed E-state index contributed by atoms with van der Waals surface area (Å²) in [6, 6.07) is 17.8. The molecule has 4 N–H and O–H groups in total. The molecule has 0 saturated carbocycles. The van der Waals surface area contributed by atoms with E-state index in [1.807, 2.05) is 49.4 Å². The van der Waals surface area contributed by atoms with Crippen molar-refractivity contribution in [1.29, 1.82) is 0 Å². The molecule has 2 spiro atoms. The van der Waals surface area contributed by atoms with Crippen LogP contribution in [0.1, 0.15) is 68.8 Å². The first-order valence-corrected chi connectivity index (χ1v) is 22.3. The Labute approximate surface area is 367 Å². The largest absolute Gasteiger partial charge is 0.497 e. The minimum absolute atomic E-state index is 0.138. The number of carbonyl (C=O) groups is 1. The minimum Gasteiger partial charge on any atom is -0.497 e. The van der Waals surface area contributed by atoms with Crippen LogP contribution in [0.5, 0.6) is 28.7 Å². The van der Waals surface area contributed by atoms with Gasteiger partial charge >= 0.3 is 0 Å². The van der Waals surface area contributed by atoms with Gasteiger partial charge in [-0.3, -0.25) is 9.78 Å². The van der Waals surface area contributed by atoms with Crippen LogP contribution in [0, 0.1) is 18.6 Å². The topological polar surface area (TPSA) is 157 Å². The highest BCUT2D eigenvalue weighted by Crippen LogP contribution is 2.56. The molecular formula is C45H39BrF2N6O5S2. The molecule has 0 fully saturated rings. The van der Waals surface area contributed by atoms with Crippen LogP contribution in [0.4, 0.5) is 8.78 Å². The molecule has 0 aliphatic carbocycles. The molecule has 11 nitrogen and oxygen atoms in total. The van der Waals surface area contributed by atoms with Crippen LogP contribution in [0.15, 0.2) is 93.6 Å². The van der Waals surface area contributed by atoms with Crippen LogP contribution in [0.25, 0.3) is 5.57 Å². The van der Waals surface area contributed by atoms with E-state index in [0.29, 0.717) is 76.9 Å². The summed E-state index contributed by atoms with van der Waals surface area (Å²) in [5, 5.41) is 0.931. The van der Waals surface area contributed by atoms with Crippen LogP contribution in [-0.2, 0) is 22.2 Å². The molecule has 0 saturated heterocycles. The Kier molecular flexibility index (Phi) is 11.1. The predicted molar refractivity (Wildman–Crippen MR) is 237 cm³/mol. The lowest BCUT2D eigenvalue weighted by atomic mass is 9.76. The summed E-state index contributed by atoms with van der Waals surface area (Å²) < 4.78 is 53.8. The van der Waals surface area contributed by atoms with Crippen molar-refractivity contribution in [3.05, 3.63) is 140 Å². The number of aliphatic imine (C=N–C) groups is 2. The van der Waals surface area contributed by atoms with Gasteiger partial charge in [0.05, 0.1) is 32.2 Å². The molecule has 0 radical (unpaired) electrons. The van der Waals surface area contributed by atoms with Gasteiger partial charge in [-0.05, 0) is 91.4 Å². The van der Waals surface area contributed by atoms with Gasteiger partial charge in [-0.25, -0.2) is 23.7 Å². The quantitative estimate of drug-likeness (QED) is 0.162. The summed E-state index contributed by atoms with van der Waals surface area (Å²) >= 11 is 6.48. The fourth-order valence-electron chi connectivity index (χ4n) is 8.35. The number of hydrogen-bond donors (Lipinski definition) is 2. The average molecular weight is 926 g/mol. The number of aryl methyl sites for hydroxylation is 1. The molecule has 0 amide bonds. The average Bonchev–Trinajstić information content (AvgIpc) is 3.26. The van der Waals surface area contributed by atoms with Crippen molar-refractivity contribution in [2.75, 3.05) is 31.8 Å². The number of hydrogen-bond acceptors (Lipinski definition) is 13. The highest BCUT2D eigenvalue weighted by molar-refractivity contribution is 9.10. The predicted octanol–water partition coefficient (Wildman–Crippen LogP) is 9.35. The Morgan fingerprint density at radius 2 is 1.49 bits per heavy atom. The van der Waals surface area contributed by atoms with Crippen LogP contribution >= 0.6 is 39.5 Å². The molecular weight excluding hydrogens is 887 g/mol. The zero-order valence-corrected chi connectivity index (χ0v) is 36.3. The van der Waals surface area contributed by atoms with E-state index < -0.39 is 22.7 Å². The van der Waals surface area contributed by atoms with Crippen molar-refractivity contribution < 1.29 is 32.5 Å². The fourth-order valence-corrected chi connectivity index (χ4v) is 10.4. The van der Waals surface area contributed by atoms with Gasteiger partial charge in [-0.15, -0.1) is 0 Å². The van der Waals surface area contributed by atoms with E-state index >= 15 is 4.39 Å². The molecule has 5 aromatic rings. The molecule has 1 aromatic heterocycles. The van der Waals surface area contributed by atoms with Crippen molar-refractivity contribution in [1.82, 2.24) is 9.97 Å². The second kappa shape index (κ2) is 16.5. The Morgan fingerprint density at radius 1 is 0.836 bits per heavy atom. The zero-order chi connectivity index (χ0) is 42.5. The summed E-state index contributed by atoms with van der Waals surface area (Å²) in [6.07, 6.45) is 7.23. The maximum absolute atomic E-state index is 15.6. The molecule has 0 bridgehead atoms. The molecule has 5 aliphatic heterocycles. The molecule has 312 valence electrons. The first-order valence-electron chi connectivity index (χ1n) is 19.5. The first-order chi connectivity index (χ1) is 29.5. The van der Waals surface area contributed by atoms with E-state index in [1.54, 1.807) is 18.3 Å². The highest BCUT2D eigenvalue weighted by atomic mass is 79.9. The number of thioether (sulfide) groups is 2. The SMILES string of the molecule is COc1cc(F)c2c(c1)[C@]1(CCSC(N)=N1)c1cc(Br)ccc1O2.Cc1cnc(C(=O)Cc2ccc3c(c2)[C@@]2(CCSC(N)=N2)c2cc(C4=CCOCC4)cc(F)c2O3)cn1. The molecule has 5 aliphatic rings. The second-order valence-electron chi connectivity index (χ2n) is 15.0. The molecule has 61 heavy (non-hydrogen) atoms. The van der Waals surface area contributed by atoms with E-state index in [4.69, 9.17) is 40.4 Å². The molecule has 6 heterocycles. The van der Waals surface area contributed by atoms with E-state index in [0.717, 1.165) is 49.5 Å². The van der Waals surface area contributed by atoms with Gasteiger partial charge < -0.3 is 30.4 Å². The number of amidine groups is 2. The zero-order valence-electron chi connectivity index (χ0n) is 33.1. The van der Waals surface area contributed by atoms with Crippen LogP contribution in [0.3, 0.4) is 0 Å². The van der Waals surface area contributed by atoms with E-state index in [-0.39, 0.29) is 23.7 Å². The maximum Gasteiger partial charge on any atom is 0.187 e. The third kappa shape index (κ3) is 7.68. The lowest BCUT2D eigenvalue weighted by Gasteiger charge is -2.40. The van der Waals surface area contributed by atoms with Crippen molar-refractivity contribution in [2.24, 2.45) is 21.5 Å². The number of benzene rings is 4. The lowest BCUT2D eigenvalue weighted by molar-refractivity contribution is 0.0987. The summed E-state index contributed by atoms with van der Waals surface area (Å²) in [7, 11) is 1.51. The normalized spacial score (nSPS) is 20.8. The maximum atomic E-state index is 15.6. The summed E-state index contributed by atoms with van der Waals surface area (Å²) in [5.74, 6) is 2.37. The Morgan fingerprint density at radius 3 is 2.11 bits per heavy atom. The van der Waals surface area contributed by atoms with E-state index in [2.05, 4.69) is 25.9 Å². The number of halogens is 3. The van der Waals surface area contributed by atoms with Gasteiger partial charge in [0.1, 0.15) is 34.0 Å². The smallest absolute Gasteiger partial charge is 0.187 e. The summed E-state index contributed by atoms with van der Waals surface area (Å²) in [6.45, 7) is 2.92. The molecule has 4 aromatic carbocycles. The number of methoxy groups -OCH3 is 1. The van der Waals surface area contributed by atoms with Gasteiger partial charge in [0.2, 0.25) is 0 Å². The van der Waals surface area contributed by atoms with Gasteiger partial charge in [-0.2, -0.15) is 0 Å². The van der Waals surface area contributed by atoms with Crippen molar-refractivity contribution in [3.8, 4) is 28.7 Å². The Balaban J connectivity index is 0.000000171. The molecule has 16 heteroatoms. The number of ether oxygens (including phenoxy) is 4. The standard InChI is InChI=1S/C28H25FN4O3S.C17H14BrFN2O2S/c1-16-14-32-23(15-31-16)24(34)11-17-2-3-25-20(10-17)28(6-9-37-27(30)33-28)21-12-19(13-22(29)26(21)36-25)18-4-7-35-8-5-18;1-22-10-7-12-15(13(19)8-10)23-14-3-2-9(18)6-11(14)17(12)4-5-24-16(20)21-17/h2-4,10,12-15H,5-9,11H2,1H3,(H2,30,33);2-3,6-8H,4-5H2,1H3,(H2,20,21)/t28-;17-/m00/s1. The Hall–Kier alpha value is -5.29. The number of aromatic nitrogens is 2. The van der Waals surface area contributed by atoms with E-state index in [1.165, 1.54) is 49.0 Å². The highest BCUT2D eigenvalue weighted by Gasteiger charge is 2.47. The third-order valence-electron chi connectivity index (χ3n) is 11.3. The van der Waals surface area contributed by atoms with Gasteiger partial charge in [0.15, 0.2) is 39.3 Å². The molecule has 10 rings (SSSR count). The van der Waals surface area contributed by atoms with Gasteiger partial charge in [0, 0.05) is 56.9 Å². The monoisotopic (exact) mass is 924 g/mol. The number of nitrogens with zero attached hydrogens (tertiary/aromatic N) is 4. The first kappa shape index (κ1) is 41.1. The van der Waals surface area contributed by atoms with Crippen molar-refractivity contribution >= 4 is 61.1 Å². The number of nitrogens with two attached hydrogens (primary N) is 2. The van der Waals surface area contributed by atoms with Crippen molar-refractivity contribution in [3.63, 3.8) is 0 Å². The number of carbonyl (C=O) groups excluding carboxylic acids is 1. The number of ketones is 1. The number of rotatable bonds is 5. The molecule has 0 unspecified atom stereocenters. The van der Waals surface area contributed by atoms with Crippen LogP contribution in [0.2, 0.25) is 0 Å². The van der Waals surface area contributed by atoms with Crippen LogP contribution < -0.4 is 25.7 Å². The fraction of sp³-hybridized carbons (Fsp3) is 0.267. The minimum atomic E-state index is -0.913. The van der Waals surface area contributed by atoms with Crippen molar-refractivity contribution in [2.45, 2.75) is 43.7 Å². The lowest BCUT2D eigenvalue weighted by Crippen LogP contribution is -2.36. The second-order valence-corrected chi connectivity index (χ2v) is 18.2. The molecule has 2 atom stereocenters. The van der Waals surface area contributed by atoms with Gasteiger partial charge in [-0.1, -0.05) is 51.6 Å². The number of Topliss-reactive ketones (excluding diaryl/α,β-unsaturated/α-hetero) is 1. The van der Waals surface area contributed by atoms with E-state index in [9.17, 15) is 9.18 Å². The van der Waals surface area contributed by atoms with Crippen LogP contribution in [-0.4, -0.2) is 57.9 Å². The number of fused-ring (bicyclic) bond motifs is 8. The Bertz CT molecular complexity index is 2700. The third-order valence-corrected chi connectivity index (χ3v) is 13.4. The summed E-state index contributed by atoms with van der Waals surface area (Å²) in [5.41, 5.74) is 17.2. The summed E-state index contributed by atoms with van der Waals surface area (Å²) in [4.78, 5) is 31.0. The van der Waals surface area contributed by atoms with Gasteiger partial charge in [0.25, 0.3) is 0 Å².